The van der Waals surface area contributed by atoms with Gasteiger partial charge >= 0.3 is 0 Å². The molecule has 1 aromatic rings. The highest BCUT2D eigenvalue weighted by atomic mass is 32.2. The van der Waals surface area contributed by atoms with Crippen LogP contribution in [0.3, 0.4) is 0 Å². The fraction of sp³-hybridized carbons (Fsp3) is 0.429. The molecule has 1 aromatic heterocycles. The summed E-state index contributed by atoms with van der Waals surface area (Å²) >= 11 is 2.59. The van der Waals surface area contributed by atoms with Gasteiger partial charge in [-0.2, -0.15) is 0 Å². The van der Waals surface area contributed by atoms with Gasteiger partial charge in [0.15, 0.2) is 0 Å². The van der Waals surface area contributed by atoms with Crippen molar-refractivity contribution in [3.05, 3.63) is 21.1 Å². The zero-order valence-corrected chi connectivity index (χ0v) is 8.82. The molecule has 1 rings (SSSR count). The van der Waals surface area contributed by atoms with Crippen molar-refractivity contribution in [1.82, 2.24) is 0 Å². The number of aliphatic hydroxyl groups is 1. The van der Waals surface area contributed by atoms with Crippen molar-refractivity contribution in [3.8, 4) is 0 Å². The molecule has 1 heterocycles. The highest BCUT2D eigenvalue weighted by Crippen LogP contribution is 2.38. The average Bonchev–Trinajstić information content (AvgIpc) is 2.47. The van der Waals surface area contributed by atoms with Crippen molar-refractivity contribution < 1.29 is 10.0 Å². The van der Waals surface area contributed by atoms with Gasteiger partial charge in [-0.05, 0) is 13.2 Å². The summed E-state index contributed by atoms with van der Waals surface area (Å²) in [5.41, 5.74) is 0.0911. The molecule has 13 heavy (non-hydrogen) atoms. The Kier molecular flexibility index (Phi) is 3.29. The van der Waals surface area contributed by atoms with E-state index in [1.165, 1.54) is 29.2 Å². The van der Waals surface area contributed by atoms with E-state index in [0.29, 0.717) is 9.09 Å². The predicted octanol–water partition coefficient (Wildman–Crippen LogP) is 2.43. The Morgan fingerprint density at radius 2 is 2.38 bits per heavy atom. The van der Waals surface area contributed by atoms with Crippen LogP contribution >= 0.6 is 23.1 Å². The second-order valence-electron chi connectivity index (χ2n) is 2.46. The Morgan fingerprint density at radius 1 is 1.77 bits per heavy atom. The Labute approximate surface area is 83.7 Å². The minimum Gasteiger partial charge on any atom is -0.388 e. The van der Waals surface area contributed by atoms with Crippen LogP contribution < -0.4 is 0 Å². The van der Waals surface area contributed by atoms with E-state index in [4.69, 9.17) is 0 Å². The third kappa shape index (κ3) is 2.20. The van der Waals surface area contributed by atoms with Crippen LogP contribution in [0.2, 0.25) is 0 Å². The molecule has 1 atom stereocenters. The zero-order valence-electron chi connectivity index (χ0n) is 7.18. The second-order valence-corrected chi connectivity index (χ2v) is 4.62. The maximum atomic E-state index is 10.5. The van der Waals surface area contributed by atoms with Crippen molar-refractivity contribution in [2.75, 3.05) is 6.26 Å². The SMILES string of the molecule is CSc1sc([C@@H](C)O)cc1[N+](=O)[O-]. The lowest BCUT2D eigenvalue weighted by Gasteiger charge is -1.95. The van der Waals surface area contributed by atoms with Crippen molar-refractivity contribution in [2.45, 2.75) is 17.2 Å². The first-order chi connectivity index (χ1) is 6.06. The van der Waals surface area contributed by atoms with Crippen molar-refractivity contribution >= 4 is 28.8 Å². The van der Waals surface area contributed by atoms with Crippen LogP contribution in [0, 0.1) is 10.1 Å². The summed E-state index contributed by atoms with van der Waals surface area (Å²) < 4.78 is 0.640. The van der Waals surface area contributed by atoms with Crippen molar-refractivity contribution in [1.29, 1.82) is 0 Å². The molecule has 0 fully saturated rings. The molecule has 4 nitrogen and oxygen atoms in total. The molecule has 0 amide bonds. The van der Waals surface area contributed by atoms with E-state index in [1.54, 1.807) is 13.2 Å². The fourth-order valence-electron chi connectivity index (χ4n) is 0.862. The van der Waals surface area contributed by atoms with E-state index in [9.17, 15) is 15.2 Å². The van der Waals surface area contributed by atoms with Gasteiger partial charge in [-0.1, -0.05) is 0 Å². The van der Waals surface area contributed by atoms with Gasteiger partial charge in [0.25, 0.3) is 5.69 Å². The highest BCUT2D eigenvalue weighted by molar-refractivity contribution is 8.00. The van der Waals surface area contributed by atoms with Crippen LogP contribution in [0.4, 0.5) is 5.69 Å². The molecular weight excluding hydrogens is 210 g/mol. The van der Waals surface area contributed by atoms with Crippen LogP contribution in [-0.4, -0.2) is 16.3 Å². The van der Waals surface area contributed by atoms with Crippen LogP contribution in [0.5, 0.6) is 0 Å². The summed E-state index contributed by atoms with van der Waals surface area (Å²) in [5, 5.41) is 19.8. The number of hydrogen-bond donors (Lipinski definition) is 1. The lowest BCUT2D eigenvalue weighted by atomic mass is 10.3. The second kappa shape index (κ2) is 4.08. The van der Waals surface area contributed by atoms with E-state index < -0.39 is 11.0 Å². The van der Waals surface area contributed by atoms with Crippen LogP contribution in [0.25, 0.3) is 0 Å². The summed E-state index contributed by atoms with van der Waals surface area (Å²) in [6.07, 6.45) is 1.15. The first-order valence-electron chi connectivity index (χ1n) is 3.56. The molecule has 0 saturated carbocycles. The molecule has 0 saturated heterocycles. The molecule has 0 radical (unpaired) electrons. The van der Waals surface area contributed by atoms with E-state index in [1.807, 2.05) is 0 Å². The summed E-state index contributed by atoms with van der Waals surface area (Å²) in [5.74, 6) is 0. The molecule has 0 bridgehead atoms. The number of thioether (sulfide) groups is 1. The van der Waals surface area contributed by atoms with Gasteiger partial charge < -0.3 is 5.11 Å². The molecular formula is C7H9NO3S2. The maximum Gasteiger partial charge on any atom is 0.294 e. The normalized spacial score (nSPS) is 12.8. The van der Waals surface area contributed by atoms with Gasteiger partial charge in [0.1, 0.15) is 4.21 Å². The third-order valence-electron chi connectivity index (χ3n) is 1.49. The first kappa shape index (κ1) is 10.5. The number of rotatable bonds is 3. The maximum absolute atomic E-state index is 10.5. The van der Waals surface area contributed by atoms with Gasteiger partial charge in [-0.15, -0.1) is 23.1 Å². The molecule has 0 aliphatic heterocycles. The topological polar surface area (TPSA) is 63.4 Å². The van der Waals surface area contributed by atoms with E-state index in [-0.39, 0.29) is 5.69 Å². The van der Waals surface area contributed by atoms with E-state index in [0.717, 1.165) is 0 Å². The summed E-state index contributed by atoms with van der Waals surface area (Å²) in [7, 11) is 0. The molecule has 72 valence electrons. The zero-order chi connectivity index (χ0) is 10.0. The Balaban J connectivity index is 3.11. The molecule has 0 unspecified atom stereocenters. The van der Waals surface area contributed by atoms with Crippen LogP contribution in [-0.2, 0) is 0 Å². The third-order valence-corrected chi connectivity index (χ3v) is 3.91. The number of hydrogen-bond acceptors (Lipinski definition) is 5. The lowest BCUT2D eigenvalue weighted by molar-refractivity contribution is -0.387. The van der Waals surface area contributed by atoms with Gasteiger partial charge in [-0.3, -0.25) is 10.1 Å². The number of aliphatic hydroxyl groups excluding tert-OH is 1. The Morgan fingerprint density at radius 3 is 2.69 bits per heavy atom. The summed E-state index contributed by atoms with van der Waals surface area (Å²) in [6, 6.07) is 1.43. The standard InChI is InChI=1S/C7H9NO3S2/c1-4(9)6-3-5(8(10)11)7(12-2)13-6/h3-4,9H,1-2H3/t4-/m1/s1. The molecule has 0 aromatic carbocycles. The highest BCUT2D eigenvalue weighted by Gasteiger charge is 2.19. The summed E-state index contributed by atoms with van der Waals surface area (Å²) in [6.45, 7) is 1.60. The Bertz CT molecular complexity index is 322. The van der Waals surface area contributed by atoms with Gasteiger partial charge in [0.05, 0.1) is 11.0 Å². The smallest absolute Gasteiger partial charge is 0.294 e. The first-order valence-corrected chi connectivity index (χ1v) is 5.60. The number of thiophene rings is 1. The van der Waals surface area contributed by atoms with Crippen LogP contribution in [0.15, 0.2) is 10.3 Å². The minimum atomic E-state index is -0.635. The van der Waals surface area contributed by atoms with Crippen molar-refractivity contribution in [3.63, 3.8) is 0 Å². The van der Waals surface area contributed by atoms with E-state index in [2.05, 4.69) is 0 Å². The average molecular weight is 219 g/mol. The largest absolute Gasteiger partial charge is 0.388 e. The van der Waals surface area contributed by atoms with E-state index >= 15 is 0 Å². The minimum absolute atomic E-state index is 0.0911. The quantitative estimate of drug-likeness (QED) is 0.482. The van der Waals surface area contributed by atoms with Crippen LogP contribution in [0.1, 0.15) is 17.9 Å². The van der Waals surface area contributed by atoms with Gasteiger partial charge in [0, 0.05) is 10.9 Å². The number of nitrogens with zero attached hydrogens (tertiary/aromatic N) is 1. The molecule has 1 N–H and O–H groups in total. The lowest BCUT2D eigenvalue weighted by Crippen LogP contribution is -1.87. The molecule has 0 spiro atoms. The molecule has 0 aliphatic rings. The Hall–Kier alpha value is -0.590. The monoisotopic (exact) mass is 219 g/mol. The van der Waals surface area contributed by atoms with Crippen molar-refractivity contribution in [2.24, 2.45) is 0 Å². The predicted molar refractivity (Wildman–Crippen MR) is 53.4 cm³/mol. The number of nitro groups is 1. The van der Waals surface area contributed by atoms with Gasteiger partial charge in [-0.25, -0.2) is 0 Å². The summed E-state index contributed by atoms with van der Waals surface area (Å²) in [4.78, 5) is 10.7. The molecule has 0 aliphatic carbocycles. The van der Waals surface area contributed by atoms with Gasteiger partial charge in [0.2, 0.25) is 0 Å². The molecule has 6 heteroatoms. The fourth-order valence-corrected chi connectivity index (χ4v) is 2.62.